The topological polar surface area (TPSA) is 115 Å². The molecular formula is C17H15ClN6O3. The Morgan fingerprint density at radius 3 is 2.56 bits per heavy atom. The molecule has 0 unspecified atom stereocenters. The van der Waals surface area contributed by atoms with E-state index in [-0.39, 0.29) is 16.3 Å². The highest BCUT2D eigenvalue weighted by atomic mass is 35.5. The lowest BCUT2D eigenvalue weighted by Crippen LogP contribution is -2.29. The maximum Gasteiger partial charge on any atom is 0.270 e. The monoisotopic (exact) mass is 386 g/mol. The van der Waals surface area contributed by atoms with Crippen LogP contribution in [-0.4, -0.2) is 38.7 Å². The Hall–Kier alpha value is -3.46. The minimum absolute atomic E-state index is 0.0288. The number of nitro benzene ring substituents is 1. The number of nitrogens with one attached hydrogen (secondary N) is 2. The molecular weight excluding hydrogens is 372 g/mol. The number of carbonyl (C=O) groups excluding carboxylic acids is 1. The van der Waals surface area contributed by atoms with Crippen molar-refractivity contribution in [3.8, 4) is 5.82 Å². The van der Waals surface area contributed by atoms with Crippen LogP contribution in [0.5, 0.6) is 0 Å². The minimum atomic E-state index is -0.569. The maximum absolute atomic E-state index is 12.1. The van der Waals surface area contributed by atoms with Crippen molar-refractivity contribution in [3.05, 3.63) is 75.6 Å². The lowest BCUT2D eigenvalue weighted by molar-refractivity contribution is -0.384. The molecule has 0 aliphatic rings. The van der Waals surface area contributed by atoms with Crippen molar-refractivity contribution >= 4 is 29.0 Å². The lowest BCUT2D eigenvalue weighted by Gasteiger charge is -2.08. The summed E-state index contributed by atoms with van der Waals surface area (Å²) in [7, 11) is 0. The van der Waals surface area contributed by atoms with Crippen molar-refractivity contribution in [3.63, 3.8) is 0 Å². The first-order chi connectivity index (χ1) is 13.0. The van der Waals surface area contributed by atoms with Gasteiger partial charge in [-0.25, -0.2) is 0 Å². The van der Waals surface area contributed by atoms with E-state index in [9.17, 15) is 14.9 Å². The Labute approximate surface area is 159 Å². The number of aromatic nitrogens is 3. The predicted octanol–water partition coefficient (Wildman–Crippen LogP) is 2.67. The SMILES string of the molecule is O=C(NCCNc1ccc(-n2cccc2)nn1)c1ccc([N+](=O)[O-])cc1Cl. The van der Waals surface area contributed by atoms with Crippen molar-refractivity contribution in [1.82, 2.24) is 20.1 Å². The standard InChI is InChI=1S/C17H15ClN6O3/c18-14-11-12(24(26)27)3-4-13(14)17(25)20-8-7-19-15-5-6-16(22-21-15)23-9-1-2-10-23/h1-6,9-11H,7-8H2,(H,19,21)(H,20,25). The molecule has 3 rings (SSSR count). The fourth-order valence-corrected chi connectivity index (χ4v) is 2.57. The van der Waals surface area contributed by atoms with Crippen LogP contribution in [0.3, 0.4) is 0 Å². The molecule has 2 heterocycles. The van der Waals surface area contributed by atoms with Crippen LogP contribution in [-0.2, 0) is 0 Å². The van der Waals surface area contributed by atoms with Crippen LogP contribution >= 0.6 is 11.6 Å². The first kappa shape index (κ1) is 18.3. The van der Waals surface area contributed by atoms with Crippen LogP contribution < -0.4 is 10.6 Å². The molecule has 0 atom stereocenters. The van der Waals surface area contributed by atoms with E-state index in [1.165, 1.54) is 12.1 Å². The van der Waals surface area contributed by atoms with Crippen molar-refractivity contribution in [1.29, 1.82) is 0 Å². The summed E-state index contributed by atoms with van der Waals surface area (Å²) in [5.41, 5.74) is 0.0123. The van der Waals surface area contributed by atoms with Gasteiger partial charge in [0.05, 0.1) is 15.5 Å². The van der Waals surface area contributed by atoms with E-state index in [0.29, 0.717) is 24.7 Å². The van der Waals surface area contributed by atoms with Crippen LogP contribution in [0.25, 0.3) is 5.82 Å². The molecule has 0 spiro atoms. The van der Waals surface area contributed by atoms with Crippen molar-refractivity contribution in [2.75, 3.05) is 18.4 Å². The number of anilines is 1. The molecule has 1 aromatic carbocycles. The molecule has 0 radical (unpaired) electrons. The van der Waals surface area contributed by atoms with Crippen molar-refractivity contribution < 1.29 is 9.72 Å². The van der Waals surface area contributed by atoms with Gasteiger partial charge in [-0.2, -0.15) is 0 Å². The number of nitrogens with zero attached hydrogens (tertiary/aromatic N) is 4. The lowest BCUT2D eigenvalue weighted by atomic mass is 10.2. The Balaban J connectivity index is 1.48. The van der Waals surface area contributed by atoms with Gasteiger partial charge < -0.3 is 15.2 Å². The molecule has 10 heteroatoms. The predicted molar refractivity (Wildman–Crippen MR) is 100 cm³/mol. The fraction of sp³-hybridized carbons (Fsp3) is 0.118. The number of rotatable bonds is 7. The molecule has 3 aromatic rings. The van der Waals surface area contributed by atoms with Crippen molar-refractivity contribution in [2.24, 2.45) is 0 Å². The summed E-state index contributed by atoms with van der Waals surface area (Å²) >= 11 is 5.93. The summed E-state index contributed by atoms with van der Waals surface area (Å²) < 4.78 is 1.84. The highest BCUT2D eigenvalue weighted by molar-refractivity contribution is 6.34. The number of carbonyl (C=O) groups is 1. The molecule has 0 fully saturated rings. The summed E-state index contributed by atoms with van der Waals surface area (Å²) in [6.07, 6.45) is 3.74. The second-order valence-electron chi connectivity index (χ2n) is 5.47. The Morgan fingerprint density at radius 2 is 1.93 bits per heavy atom. The van der Waals surface area contributed by atoms with Gasteiger partial charge in [-0.15, -0.1) is 10.2 Å². The summed E-state index contributed by atoms with van der Waals surface area (Å²) in [4.78, 5) is 22.2. The van der Waals surface area contributed by atoms with Crippen LogP contribution in [0.15, 0.2) is 54.9 Å². The average molecular weight is 387 g/mol. The van der Waals surface area contributed by atoms with Gasteiger partial charge in [-0.05, 0) is 30.3 Å². The summed E-state index contributed by atoms with van der Waals surface area (Å²) in [5.74, 6) is 0.867. The Morgan fingerprint density at radius 1 is 1.15 bits per heavy atom. The second-order valence-corrected chi connectivity index (χ2v) is 5.88. The quantitative estimate of drug-likeness (QED) is 0.366. The average Bonchev–Trinajstić information content (AvgIpc) is 3.20. The Kier molecular flexibility index (Phi) is 5.62. The third-order valence-electron chi connectivity index (χ3n) is 3.64. The Bertz CT molecular complexity index is 944. The molecule has 0 saturated heterocycles. The van der Waals surface area contributed by atoms with Gasteiger partial charge in [0, 0.05) is 37.6 Å². The molecule has 0 bridgehead atoms. The number of nitro groups is 1. The highest BCUT2D eigenvalue weighted by Crippen LogP contribution is 2.22. The van der Waals surface area contributed by atoms with Gasteiger partial charge in [0.2, 0.25) is 0 Å². The van der Waals surface area contributed by atoms with E-state index in [1.54, 1.807) is 6.07 Å². The zero-order valence-electron chi connectivity index (χ0n) is 14.0. The molecule has 0 aliphatic heterocycles. The van der Waals surface area contributed by atoms with Gasteiger partial charge in [0.1, 0.15) is 5.82 Å². The number of benzene rings is 1. The molecule has 1 amide bonds. The first-order valence-corrected chi connectivity index (χ1v) is 8.35. The van der Waals surface area contributed by atoms with E-state index in [4.69, 9.17) is 11.6 Å². The number of hydrogen-bond donors (Lipinski definition) is 2. The largest absolute Gasteiger partial charge is 0.367 e. The van der Waals surface area contributed by atoms with Gasteiger partial charge in [0.25, 0.3) is 11.6 Å². The van der Waals surface area contributed by atoms with E-state index in [2.05, 4.69) is 20.8 Å². The van der Waals surface area contributed by atoms with Gasteiger partial charge in [-0.1, -0.05) is 11.6 Å². The highest BCUT2D eigenvalue weighted by Gasteiger charge is 2.14. The zero-order chi connectivity index (χ0) is 19.2. The summed E-state index contributed by atoms with van der Waals surface area (Å²) in [5, 5.41) is 24.6. The molecule has 138 valence electrons. The number of hydrogen-bond acceptors (Lipinski definition) is 6. The van der Waals surface area contributed by atoms with Gasteiger partial charge >= 0.3 is 0 Å². The summed E-state index contributed by atoms with van der Waals surface area (Å²) in [6, 6.07) is 11.1. The third kappa shape index (κ3) is 4.59. The second kappa shape index (κ2) is 8.28. The smallest absolute Gasteiger partial charge is 0.270 e. The first-order valence-electron chi connectivity index (χ1n) is 7.97. The van der Waals surface area contributed by atoms with E-state index in [0.717, 1.165) is 6.07 Å². The third-order valence-corrected chi connectivity index (χ3v) is 3.96. The molecule has 0 saturated carbocycles. The maximum atomic E-state index is 12.1. The van der Waals surface area contributed by atoms with Crippen LogP contribution in [0.2, 0.25) is 5.02 Å². The van der Waals surface area contributed by atoms with Gasteiger partial charge in [0.15, 0.2) is 5.82 Å². The molecule has 2 aromatic heterocycles. The molecule has 27 heavy (non-hydrogen) atoms. The van der Waals surface area contributed by atoms with Crippen LogP contribution in [0.1, 0.15) is 10.4 Å². The van der Waals surface area contributed by atoms with E-state index in [1.807, 2.05) is 35.2 Å². The van der Waals surface area contributed by atoms with E-state index >= 15 is 0 Å². The number of amides is 1. The van der Waals surface area contributed by atoms with Crippen LogP contribution in [0.4, 0.5) is 11.5 Å². The summed E-state index contributed by atoms with van der Waals surface area (Å²) in [6.45, 7) is 0.737. The molecule has 2 N–H and O–H groups in total. The van der Waals surface area contributed by atoms with Crippen LogP contribution in [0, 0.1) is 10.1 Å². The number of halogens is 1. The molecule has 9 nitrogen and oxygen atoms in total. The van der Waals surface area contributed by atoms with E-state index < -0.39 is 10.8 Å². The zero-order valence-corrected chi connectivity index (χ0v) is 14.8. The fourth-order valence-electron chi connectivity index (χ4n) is 2.31. The molecule has 0 aliphatic carbocycles. The minimum Gasteiger partial charge on any atom is -0.367 e. The number of non-ortho nitro benzene ring substituents is 1. The van der Waals surface area contributed by atoms with Crippen molar-refractivity contribution in [2.45, 2.75) is 0 Å². The van der Waals surface area contributed by atoms with Gasteiger partial charge in [-0.3, -0.25) is 14.9 Å². The normalized spacial score (nSPS) is 10.4.